The molecule has 1 aliphatic heterocycles. The molecule has 2 aromatic carbocycles. The molecule has 0 spiro atoms. The summed E-state index contributed by atoms with van der Waals surface area (Å²) in [5.41, 5.74) is 6.28. The van der Waals surface area contributed by atoms with Crippen LogP contribution in [0.4, 0.5) is 10.1 Å². The van der Waals surface area contributed by atoms with Crippen molar-refractivity contribution in [2.75, 3.05) is 5.32 Å². The van der Waals surface area contributed by atoms with Gasteiger partial charge in [-0.25, -0.2) is 4.39 Å². The third-order valence-electron chi connectivity index (χ3n) is 5.02. The Morgan fingerprint density at radius 3 is 2.82 bits per heavy atom. The molecule has 1 heterocycles. The second-order valence-electron chi connectivity index (χ2n) is 6.57. The zero-order valence-electron chi connectivity index (χ0n) is 12.9. The van der Waals surface area contributed by atoms with Gasteiger partial charge in [0.1, 0.15) is 5.82 Å². The largest absolute Gasteiger partial charge is 0.378 e. The van der Waals surface area contributed by atoms with Gasteiger partial charge in [-0.15, -0.1) is 0 Å². The second-order valence-corrected chi connectivity index (χ2v) is 6.57. The Morgan fingerprint density at radius 2 is 2.00 bits per heavy atom. The van der Waals surface area contributed by atoms with Crippen molar-refractivity contribution in [1.29, 1.82) is 0 Å². The third kappa shape index (κ3) is 2.06. The highest BCUT2D eigenvalue weighted by Gasteiger charge is 2.38. The van der Waals surface area contributed by atoms with E-state index in [4.69, 9.17) is 0 Å². The first kappa shape index (κ1) is 13.6. The van der Waals surface area contributed by atoms with E-state index >= 15 is 0 Å². The monoisotopic (exact) mass is 293 g/mol. The van der Waals surface area contributed by atoms with Gasteiger partial charge in [0.25, 0.3) is 0 Å². The van der Waals surface area contributed by atoms with Crippen LogP contribution in [0.3, 0.4) is 0 Å². The normalized spacial score (nSPS) is 25.5. The number of benzene rings is 2. The summed E-state index contributed by atoms with van der Waals surface area (Å²) >= 11 is 0. The molecule has 1 N–H and O–H groups in total. The van der Waals surface area contributed by atoms with Crippen LogP contribution in [-0.4, -0.2) is 0 Å². The van der Waals surface area contributed by atoms with Crippen molar-refractivity contribution in [2.45, 2.75) is 32.2 Å². The van der Waals surface area contributed by atoms with E-state index in [9.17, 15) is 4.39 Å². The van der Waals surface area contributed by atoms with E-state index in [2.05, 4.69) is 43.4 Å². The summed E-state index contributed by atoms with van der Waals surface area (Å²) in [6.45, 7) is 4.32. The Bertz CT molecular complexity index is 762. The lowest BCUT2D eigenvalue weighted by atomic mass is 9.75. The first-order chi connectivity index (χ1) is 10.6. The van der Waals surface area contributed by atoms with Crippen molar-refractivity contribution in [3.8, 4) is 0 Å². The van der Waals surface area contributed by atoms with Crippen molar-refractivity contribution >= 4 is 5.69 Å². The van der Waals surface area contributed by atoms with Crippen molar-refractivity contribution in [1.82, 2.24) is 0 Å². The van der Waals surface area contributed by atoms with E-state index in [1.807, 2.05) is 6.07 Å². The molecule has 2 aliphatic rings. The Morgan fingerprint density at radius 1 is 1.14 bits per heavy atom. The summed E-state index contributed by atoms with van der Waals surface area (Å²) in [5.74, 6) is 0.744. The van der Waals surface area contributed by atoms with E-state index < -0.39 is 0 Å². The molecular weight excluding hydrogens is 273 g/mol. The first-order valence-electron chi connectivity index (χ1n) is 7.93. The van der Waals surface area contributed by atoms with Gasteiger partial charge in [0.2, 0.25) is 0 Å². The summed E-state index contributed by atoms with van der Waals surface area (Å²) < 4.78 is 13.6. The maximum absolute atomic E-state index is 13.6. The number of hydrogen-bond acceptors (Lipinski definition) is 1. The number of aryl methyl sites for hydroxylation is 2. The van der Waals surface area contributed by atoms with Gasteiger partial charge >= 0.3 is 0 Å². The predicted octanol–water partition coefficient (Wildman–Crippen LogP) is 5.27. The Labute approximate surface area is 130 Å². The summed E-state index contributed by atoms with van der Waals surface area (Å²) in [4.78, 5) is 0. The maximum atomic E-state index is 13.6. The number of halogens is 1. The van der Waals surface area contributed by atoms with Gasteiger partial charge in [-0.1, -0.05) is 30.4 Å². The van der Waals surface area contributed by atoms with Gasteiger partial charge in [0, 0.05) is 11.6 Å². The molecule has 0 saturated heterocycles. The number of fused-ring (bicyclic) bond motifs is 3. The van der Waals surface area contributed by atoms with Crippen molar-refractivity contribution in [3.05, 3.63) is 76.6 Å². The fraction of sp³-hybridized carbons (Fsp3) is 0.300. The minimum Gasteiger partial charge on any atom is -0.378 e. The minimum atomic E-state index is -0.159. The fourth-order valence-corrected chi connectivity index (χ4v) is 4.17. The lowest BCUT2D eigenvalue weighted by Gasteiger charge is -2.38. The van der Waals surface area contributed by atoms with E-state index in [0.717, 1.165) is 12.0 Å². The molecular formula is C20H20FN. The van der Waals surface area contributed by atoms with Crippen LogP contribution in [0.2, 0.25) is 0 Å². The van der Waals surface area contributed by atoms with E-state index in [1.54, 1.807) is 12.1 Å². The molecule has 0 amide bonds. The Kier molecular flexibility index (Phi) is 3.07. The molecule has 112 valence electrons. The molecule has 0 radical (unpaired) electrons. The van der Waals surface area contributed by atoms with Crippen LogP contribution in [0, 0.1) is 25.6 Å². The number of nitrogens with one attached hydrogen (secondary N) is 1. The number of allylic oxidation sites excluding steroid dienone is 2. The molecule has 0 aromatic heterocycles. The summed E-state index contributed by atoms with van der Waals surface area (Å²) in [5, 5.41) is 3.69. The number of rotatable bonds is 1. The van der Waals surface area contributed by atoms with Crippen LogP contribution in [0.5, 0.6) is 0 Å². The van der Waals surface area contributed by atoms with Gasteiger partial charge < -0.3 is 5.32 Å². The topological polar surface area (TPSA) is 12.0 Å². The summed E-state index contributed by atoms with van der Waals surface area (Å²) in [6, 6.07) is 11.7. The van der Waals surface area contributed by atoms with Gasteiger partial charge in [-0.05, 0) is 66.6 Å². The molecule has 2 aromatic rings. The van der Waals surface area contributed by atoms with Crippen LogP contribution in [-0.2, 0) is 0 Å². The Hall–Kier alpha value is -2.09. The van der Waals surface area contributed by atoms with Crippen LogP contribution in [0.1, 0.15) is 40.6 Å². The standard InChI is InChI=1S/C20H20FN/c1-12-9-13(2)19-16-7-4-8-17(16)20(22-18(19)10-12)14-5-3-6-15(21)11-14/h3-7,9-11,16-17,20,22H,8H2,1-2H3/t16-,17+,20+/m0/s1. The van der Waals surface area contributed by atoms with Gasteiger partial charge in [0.15, 0.2) is 0 Å². The van der Waals surface area contributed by atoms with Crippen LogP contribution in [0.25, 0.3) is 0 Å². The smallest absolute Gasteiger partial charge is 0.123 e. The third-order valence-corrected chi connectivity index (χ3v) is 5.02. The Balaban J connectivity index is 1.84. The molecule has 0 fully saturated rings. The van der Waals surface area contributed by atoms with Crippen LogP contribution in [0.15, 0.2) is 48.6 Å². The van der Waals surface area contributed by atoms with Crippen molar-refractivity contribution in [2.24, 2.45) is 5.92 Å². The van der Waals surface area contributed by atoms with Crippen molar-refractivity contribution in [3.63, 3.8) is 0 Å². The van der Waals surface area contributed by atoms with Gasteiger partial charge in [-0.2, -0.15) is 0 Å². The molecule has 0 saturated carbocycles. The lowest BCUT2D eigenvalue weighted by Crippen LogP contribution is -2.29. The fourth-order valence-electron chi connectivity index (χ4n) is 4.17. The molecule has 2 heteroatoms. The molecule has 0 bridgehead atoms. The summed E-state index contributed by atoms with van der Waals surface area (Å²) in [6.07, 6.45) is 5.66. The van der Waals surface area contributed by atoms with Crippen LogP contribution >= 0.6 is 0 Å². The lowest BCUT2D eigenvalue weighted by molar-refractivity contribution is 0.423. The highest BCUT2D eigenvalue weighted by atomic mass is 19.1. The molecule has 3 atom stereocenters. The first-order valence-corrected chi connectivity index (χ1v) is 7.93. The second kappa shape index (κ2) is 4.98. The van der Waals surface area contributed by atoms with Gasteiger partial charge in [0.05, 0.1) is 6.04 Å². The van der Waals surface area contributed by atoms with Crippen LogP contribution < -0.4 is 5.32 Å². The van der Waals surface area contributed by atoms with E-state index in [1.165, 1.54) is 28.4 Å². The van der Waals surface area contributed by atoms with E-state index in [-0.39, 0.29) is 11.9 Å². The molecule has 1 aliphatic carbocycles. The van der Waals surface area contributed by atoms with Gasteiger partial charge in [-0.3, -0.25) is 0 Å². The maximum Gasteiger partial charge on any atom is 0.123 e. The zero-order valence-corrected chi connectivity index (χ0v) is 12.9. The molecule has 0 unspecified atom stereocenters. The SMILES string of the molecule is Cc1cc(C)c2c(c1)N[C@H](c1cccc(F)c1)[C@@H]1CC=C[C@H]21. The number of hydrogen-bond donors (Lipinski definition) is 1. The highest BCUT2D eigenvalue weighted by Crippen LogP contribution is 2.50. The predicted molar refractivity (Wildman–Crippen MR) is 88.7 cm³/mol. The highest BCUT2D eigenvalue weighted by molar-refractivity contribution is 5.63. The molecule has 1 nitrogen and oxygen atoms in total. The summed E-state index contributed by atoms with van der Waals surface area (Å²) in [7, 11) is 0. The molecule has 4 rings (SSSR count). The quantitative estimate of drug-likeness (QED) is 0.706. The average molecular weight is 293 g/mol. The van der Waals surface area contributed by atoms with E-state index in [0.29, 0.717) is 11.8 Å². The number of anilines is 1. The van der Waals surface area contributed by atoms with Crippen molar-refractivity contribution < 1.29 is 4.39 Å². The minimum absolute atomic E-state index is 0.159. The molecule has 22 heavy (non-hydrogen) atoms. The average Bonchev–Trinajstić information content (AvgIpc) is 2.94. The zero-order chi connectivity index (χ0) is 15.3.